The molecule has 2 aromatic carbocycles. The third-order valence-electron chi connectivity index (χ3n) is 6.60. The van der Waals surface area contributed by atoms with Crippen LogP contribution in [0.15, 0.2) is 48.5 Å². The number of benzene rings is 2. The molecule has 0 aliphatic heterocycles. The lowest BCUT2D eigenvalue weighted by Gasteiger charge is -2.33. The summed E-state index contributed by atoms with van der Waals surface area (Å²) in [5, 5.41) is 2.97. The van der Waals surface area contributed by atoms with Crippen LogP contribution in [0.3, 0.4) is 0 Å². The average Bonchev–Trinajstić information content (AvgIpc) is 2.86. The number of hydrogen-bond acceptors (Lipinski definition) is 5. The molecular weight excluding hydrogens is 502 g/mol. The Kier molecular flexibility index (Phi) is 10.8. The van der Waals surface area contributed by atoms with Gasteiger partial charge in [0.15, 0.2) is 0 Å². The Bertz CT molecular complexity index is 1170. The van der Waals surface area contributed by atoms with Crippen molar-refractivity contribution in [3.63, 3.8) is 0 Å². The highest BCUT2D eigenvalue weighted by Gasteiger charge is 2.32. The first-order chi connectivity index (χ1) is 17.7. The maximum Gasteiger partial charge on any atom is 0.244 e. The van der Waals surface area contributed by atoms with E-state index in [9.17, 15) is 18.0 Å². The normalized spacial score (nSPS) is 13.4. The van der Waals surface area contributed by atoms with Gasteiger partial charge in [-0.05, 0) is 60.6 Å². The predicted octanol–water partition coefficient (Wildman–Crippen LogP) is 4.48. The first-order valence-corrected chi connectivity index (χ1v) is 14.9. The number of nitrogens with one attached hydrogen (secondary N) is 1. The van der Waals surface area contributed by atoms with Crippen molar-refractivity contribution < 1.29 is 22.7 Å². The highest BCUT2D eigenvalue weighted by molar-refractivity contribution is 7.92. The van der Waals surface area contributed by atoms with E-state index in [1.54, 1.807) is 31.4 Å². The Morgan fingerprint density at radius 2 is 1.55 bits per heavy atom. The summed E-state index contributed by atoms with van der Waals surface area (Å²) >= 11 is 0. The summed E-state index contributed by atoms with van der Waals surface area (Å²) in [4.78, 5) is 28.5. The molecule has 210 valence electrons. The van der Waals surface area contributed by atoms with Crippen molar-refractivity contribution in [1.29, 1.82) is 0 Å². The molecule has 0 aromatic heterocycles. The van der Waals surface area contributed by atoms with Crippen LogP contribution >= 0.6 is 0 Å². The molecule has 0 bridgehead atoms. The summed E-state index contributed by atoms with van der Waals surface area (Å²) in [7, 11) is -2.21. The number of nitrogens with zero attached hydrogens (tertiary/aromatic N) is 2. The number of methoxy groups -OCH3 is 1. The zero-order valence-corrected chi connectivity index (χ0v) is 24.8. The molecule has 9 heteroatoms. The topological polar surface area (TPSA) is 96.0 Å². The van der Waals surface area contributed by atoms with E-state index in [2.05, 4.69) is 26.1 Å². The largest absolute Gasteiger partial charge is 0.497 e. The third kappa shape index (κ3) is 8.48. The van der Waals surface area contributed by atoms with Gasteiger partial charge in [0.2, 0.25) is 21.8 Å². The van der Waals surface area contributed by atoms with Gasteiger partial charge in [-0.15, -0.1) is 0 Å². The molecule has 0 saturated heterocycles. The lowest BCUT2D eigenvalue weighted by molar-refractivity contribution is -0.140. The van der Waals surface area contributed by atoms with Crippen LogP contribution in [0.25, 0.3) is 0 Å². The van der Waals surface area contributed by atoms with Crippen LogP contribution in [0.5, 0.6) is 5.75 Å². The Morgan fingerprint density at radius 3 is 2.00 bits per heavy atom. The van der Waals surface area contributed by atoms with E-state index in [1.807, 2.05) is 45.0 Å². The third-order valence-corrected chi connectivity index (χ3v) is 7.74. The molecule has 0 aliphatic rings. The molecule has 2 amide bonds. The van der Waals surface area contributed by atoms with E-state index in [0.717, 1.165) is 28.1 Å². The fourth-order valence-corrected chi connectivity index (χ4v) is 4.88. The standard InChI is InChI=1S/C29H43N3O5S/c1-9-21(3)30-28(34)26(10-2)31(19-22-11-17-25(37-7)18-12-22)27(33)20-32(38(8,35)36)24-15-13-23(14-16-24)29(4,5)6/h11-18,21,26H,9-10,19-20H2,1-8H3,(H,30,34). The van der Waals surface area contributed by atoms with Gasteiger partial charge in [-0.2, -0.15) is 0 Å². The van der Waals surface area contributed by atoms with Crippen molar-refractivity contribution in [3.05, 3.63) is 59.7 Å². The maximum atomic E-state index is 13.8. The second-order valence-corrected chi connectivity index (χ2v) is 12.6. The summed E-state index contributed by atoms with van der Waals surface area (Å²) in [5.74, 6) is -0.0448. The van der Waals surface area contributed by atoms with E-state index in [0.29, 0.717) is 17.9 Å². The molecule has 2 rings (SSSR count). The number of hydrogen-bond donors (Lipinski definition) is 1. The average molecular weight is 546 g/mol. The molecule has 2 aromatic rings. The van der Waals surface area contributed by atoms with Crippen molar-refractivity contribution in [2.24, 2.45) is 0 Å². The molecular formula is C29H43N3O5S. The molecule has 0 saturated carbocycles. The first-order valence-electron chi connectivity index (χ1n) is 13.0. The van der Waals surface area contributed by atoms with Gasteiger partial charge in [0.05, 0.1) is 19.1 Å². The second kappa shape index (κ2) is 13.1. The Morgan fingerprint density at radius 1 is 0.974 bits per heavy atom. The van der Waals surface area contributed by atoms with Crippen LogP contribution in [0.1, 0.15) is 65.5 Å². The summed E-state index contributed by atoms with van der Waals surface area (Å²) in [6, 6.07) is 13.6. The lowest BCUT2D eigenvalue weighted by atomic mass is 9.87. The van der Waals surface area contributed by atoms with Crippen molar-refractivity contribution >= 4 is 27.5 Å². The van der Waals surface area contributed by atoms with Gasteiger partial charge in [0.25, 0.3) is 0 Å². The van der Waals surface area contributed by atoms with Crippen LogP contribution in [0, 0.1) is 0 Å². The molecule has 0 heterocycles. The van der Waals surface area contributed by atoms with Crippen LogP contribution in [-0.2, 0) is 31.6 Å². The summed E-state index contributed by atoms with van der Waals surface area (Å²) in [6.45, 7) is 11.7. The zero-order chi connectivity index (χ0) is 28.7. The highest BCUT2D eigenvalue weighted by Crippen LogP contribution is 2.26. The molecule has 2 unspecified atom stereocenters. The van der Waals surface area contributed by atoms with E-state index in [4.69, 9.17) is 4.74 Å². The number of amides is 2. The smallest absolute Gasteiger partial charge is 0.244 e. The molecule has 0 radical (unpaired) electrons. The highest BCUT2D eigenvalue weighted by atomic mass is 32.2. The van der Waals surface area contributed by atoms with Crippen molar-refractivity contribution in [2.45, 2.75) is 78.4 Å². The quantitative estimate of drug-likeness (QED) is 0.424. The fourth-order valence-electron chi connectivity index (χ4n) is 4.03. The second-order valence-electron chi connectivity index (χ2n) is 10.7. The van der Waals surface area contributed by atoms with E-state index < -0.39 is 28.5 Å². The fraction of sp³-hybridized carbons (Fsp3) is 0.517. The molecule has 0 fully saturated rings. The minimum absolute atomic E-state index is 0.0525. The van der Waals surface area contributed by atoms with Gasteiger partial charge in [-0.1, -0.05) is 58.9 Å². The van der Waals surface area contributed by atoms with E-state index in [-0.39, 0.29) is 23.9 Å². The number of ether oxygens (including phenoxy) is 1. The number of anilines is 1. The summed E-state index contributed by atoms with van der Waals surface area (Å²) < 4.78 is 32.0. The van der Waals surface area contributed by atoms with Crippen molar-refractivity contribution in [1.82, 2.24) is 10.2 Å². The number of carbonyl (C=O) groups excluding carboxylic acids is 2. The van der Waals surface area contributed by atoms with Crippen molar-refractivity contribution in [3.8, 4) is 5.75 Å². The predicted molar refractivity (Wildman–Crippen MR) is 153 cm³/mol. The molecule has 2 atom stereocenters. The number of sulfonamides is 1. The summed E-state index contributed by atoms with van der Waals surface area (Å²) in [5.41, 5.74) is 2.15. The Balaban J connectivity index is 2.45. The van der Waals surface area contributed by atoms with Crippen LogP contribution in [-0.4, -0.2) is 57.1 Å². The van der Waals surface area contributed by atoms with Gasteiger partial charge in [0, 0.05) is 12.6 Å². The summed E-state index contributed by atoms with van der Waals surface area (Å²) in [6.07, 6.45) is 2.21. The lowest BCUT2D eigenvalue weighted by Crippen LogP contribution is -2.53. The minimum atomic E-state index is -3.78. The van der Waals surface area contributed by atoms with E-state index >= 15 is 0 Å². The number of rotatable bonds is 12. The van der Waals surface area contributed by atoms with Crippen LogP contribution in [0.4, 0.5) is 5.69 Å². The van der Waals surface area contributed by atoms with Gasteiger partial charge in [-0.25, -0.2) is 8.42 Å². The van der Waals surface area contributed by atoms with Gasteiger partial charge in [-0.3, -0.25) is 13.9 Å². The molecule has 0 spiro atoms. The minimum Gasteiger partial charge on any atom is -0.497 e. The van der Waals surface area contributed by atoms with Gasteiger partial charge in [0.1, 0.15) is 18.3 Å². The Labute approximate surface area is 228 Å². The van der Waals surface area contributed by atoms with Gasteiger partial charge >= 0.3 is 0 Å². The maximum absolute atomic E-state index is 13.8. The van der Waals surface area contributed by atoms with Crippen LogP contribution < -0.4 is 14.4 Å². The zero-order valence-electron chi connectivity index (χ0n) is 23.9. The SMILES string of the molecule is CCC(C)NC(=O)C(CC)N(Cc1ccc(OC)cc1)C(=O)CN(c1ccc(C(C)(C)C)cc1)S(C)(=O)=O. The molecule has 0 aliphatic carbocycles. The Hall–Kier alpha value is -3.07. The molecule has 8 nitrogen and oxygen atoms in total. The monoisotopic (exact) mass is 545 g/mol. The number of carbonyl (C=O) groups is 2. The molecule has 1 N–H and O–H groups in total. The van der Waals surface area contributed by atoms with Crippen LogP contribution in [0.2, 0.25) is 0 Å². The first kappa shape index (κ1) is 31.1. The van der Waals surface area contributed by atoms with E-state index in [1.165, 1.54) is 4.90 Å². The molecule has 38 heavy (non-hydrogen) atoms. The van der Waals surface area contributed by atoms with Gasteiger partial charge < -0.3 is 15.0 Å². The van der Waals surface area contributed by atoms with Crippen molar-refractivity contribution in [2.75, 3.05) is 24.2 Å².